The molecule has 0 saturated heterocycles. The molecule has 0 amide bonds. The summed E-state index contributed by atoms with van der Waals surface area (Å²) in [5, 5.41) is 0. The van der Waals surface area contributed by atoms with Gasteiger partial charge in [-0.3, -0.25) is 4.79 Å². The molecule has 13 heavy (non-hydrogen) atoms. The zero-order valence-corrected chi connectivity index (χ0v) is 7.84. The third-order valence-corrected chi connectivity index (χ3v) is 1.82. The summed E-state index contributed by atoms with van der Waals surface area (Å²) in [5.41, 5.74) is 6.14. The van der Waals surface area contributed by atoms with Gasteiger partial charge in [-0.25, -0.2) is 4.98 Å². The SMILES string of the molecule is CCc1nc(CCCN)cc(=O)[nH]1. The minimum absolute atomic E-state index is 0.0705. The van der Waals surface area contributed by atoms with Crippen LogP contribution in [0.1, 0.15) is 24.9 Å². The van der Waals surface area contributed by atoms with E-state index in [0.717, 1.165) is 30.8 Å². The lowest BCUT2D eigenvalue weighted by molar-refractivity contribution is 0.783. The molecule has 4 nitrogen and oxygen atoms in total. The fraction of sp³-hybridized carbons (Fsp3) is 0.556. The smallest absolute Gasteiger partial charge is 0.251 e. The maximum Gasteiger partial charge on any atom is 0.251 e. The highest BCUT2D eigenvalue weighted by Crippen LogP contribution is 1.96. The Morgan fingerprint density at radius 1 is 1.62 bits per heavy atom. The van der Waals surface area contributed by atoms with Crippen molar-refractivity contribution < 1.29 is 0 Å². The summed E-state index contributed by atoms with van der Waals surface area (Å²) >= 11 is 0. The van der Waals surface area contributed by atoms with Crippen LogP contribution in [0, 0.1) is 0 Å². The standard InChI is InChI=1S/C9H15N3O/c1-2-8-11-7(4-3-5-10)6-9(13)12-8/h6H,2-5,10H2,1H3,(H,11,12,13). The molecule has 0 bridgehead atoms. The van der Waals surface area contributed by atoms with E-state index in [0.29, 0.717) is 6.54 Å². The van der Waals surface area contributed by atoms with Gasteiger partial charge in [-0.2, -0.15) is 0 Å². The van der Waals surface area contributed by atoms with Gasteiger partial charge in [-0.1, -0.05) is 6.92 Å². The fourth-order valence-electron chi connectivity index (χ4n) is 1.14. The lowest BCUT2D eigenvalue weighted by Gasteiger charge is -2.00. The van der Waals surface area contributed by atoms with E-state index in [2.05, 4.69) is 9.97 Å². The molecule has 1 aromatic heterocycles. The Bertz CT molecular complexity index is 319. The number of hydrogen-bond donors (Lipinski definition) is 2. The van der Waals surface area contributed by atoms with Crippen LogP contribution in [0.5, 0.6) is 0 Å². The molecular weight excluding hydrogens is 166 g/mol. The average Bonchev–Trinajstić information content (AvgIpc) is 2.14. The van der Waals surface area contributed by atoms with Crippen molar-refractivity contribution >= 4 is 0 Å². The number of aromatic nitrogens is 2. The minimum Gasteiger partial charge on any atom is -0.330 e. The van der Waals surface area contributed by atoms with Crippen molar-refractivity contribution in [2.45, 2.75) is 26.2 Å². The highest BCUT2D eigenvalue weighted by atomic mass is 16.1. The van der Waals surface area contributed by atoms with Crippen LogP contribution < -0.4 is 11.3 Å². The second-order valence-electron chi connectivity index (χ2n) is 2.93. The molecule has 0 radical (unpaired) electrons. The van der Waals surface area contributed by atoms with Crippen LogP contribution in [-0.4, -0.2) is 16.5 Å². The lowest BCUT2D eigenvalue weighted by Crippen LogP contribution is -2.13. The molecule has 0 aliphatic carbocycles. The Morgan fingerprint density at radius 2 is 2.38 bits per heavy atom. The summed E-state index contributed by atoms with van der Waals surface area (Å²) in [6.07, 6.45) is 2.42. The van der Waals surface area contributed by atoms with Gasteiger partial charge >= 0.3 is 0 Å². The van der Waals surface area contributed by atoms with E-state index in [4.69, 9.17) is 5.73 Å². The van der Waals surface area contributed by atoms with Gasteiger partial charge in [0.2, 0.25) is 0 Å². The lowest BCUT2D eigenvalue weighted by atomic mass is 10.2. The number of aryl methyl sites for hydroxylation is 2. The van der Waals surface area contributed by atoms with Crippen molar-refractivity contribution in [3.8, 4) is 0 Å². The Morgan fingerprint density at radius 3 is 3.00 bits per heavy atom. The van der Waals surface area contributed by atoms with E-state index in [1.807, 2.05) is 6.92 Å². The molecule has 0 unspecified atom stereocenters. The van der Waals surface area contributed by atoms with Crippen molar-refractivity contribution in [3.05, 3.63) is 27.9 Å². The van der Waals surface area contributed by atoms with Crippen molar-refractivity contribution in [2.75, 3.05) is 6.54 Å². The Kier molecular flexibility index (Phi) is 3.64. The van der Waals surface area contributed by atoms with E-state index < -0.39 is 0 Å². The zero-order valence-electron chi connectivity index (χ0n) is 7.84. The molecular formula is C9H15N3O. The van der Waals surface area contributed by atoms with Gasteiger partial charge in [0.05, 0.1) is 0 Å². The van der Waals surface area contributed by atoms with Gasteiger partial charge in [0, 0.05) is 18.2 Å². The number of nitrogens with two attached hydrogens (primary N) is 1. The summed E-state index contributed by atoms with van der Waals surface area (Å²) in [7, 11) is 0. The molecule has 1 aromatic rings. The third kappa shape index (κ3) is 2.99. The second-order valence-corrected chi connectivity index (χ2v) is 2.93. The third-order valence-electron chi connectivity index (χ3n) is 1.82. The molecule has 3 N–H and O–H groups in total. The van der Waals surface area contributed by atoms with Crippen LogP contribution in [0.2, 0.25) is 0 Å². The summed E-state index contributed by atoms with van der Waals surface area (Å²) in [6, 6.07) is 1.54. The zero-order chi connectivity index (χ0) is 9.68. The number of rotatable bonds is 4. The van der Waals surface area contributed by atoms with E-state index in [9.17, 15) is 4.79 Å². The van der Waals surface area contributed by atoms with E-state index in [1.165, 1.54) is 6.07 Å². The van der Waals surface area contributed by atoms with Crippen LogP contribution in [0.25, 0.3) is 0 Å². The molecule has 1 heterocycles. The average molecular weight is 181 g/mol. The highest BCUT2D eigenvalue weighted by molar-refractivity contribution is 5.02. The number of nitrogens with one attached hydrogen (secondary N) is 1. The van der Waals surface area contributed by atoms with Crippen LogP contribution in [0.4, 0.5) is 0 Å². The summed E-state index contributed by atoms with van der Waals surface area (Å²) in [5.74, 6) is 0.750. The maximum atomic E-state index is 11.1. The predicted molar refractivity (Wildman–Crippen MR) is 51.6 cm³/mol. The maximum absolute atomic E-state index is 11.1. The number of nitrogens with zero attached hydrogens (tertiary/aromatic N) is 1. The molecule has 0 saturated carbocycles. The summed E-state index contributed by atoms with van der Waals surface area (Å²) < 4.78 is 0. The fourth-order valence-corrected chi connectivity index (χ4v) is 1.14. The molecule has 1 rings (SSSR count). The van der Waals surface area contributed by atoms with Crippen molar-refractivity contribution in [1.29, 1.82) is 0 Å². The molecule has 0 aliphatic rings. The Labute approximate surface area is 77.2 Å². The van der Waals surface area contributed by atoms with Gasteiger partial charge in [-0.15, -0.1) is 0 Å². The first kappa shape index (κ1) is 9.92. The molecule has 0 atom stereocenters. The van der Waals surface area contributed by atoms with Crippen LogP contribution in [-0.2, 0) is 12.8 Å². The number of aromatic amines is 1. The van der Waals surface area contributed by atoms with Gasteiger partial charge in [0.25, 0.3) is 5.56 Å². The first-order valence-electron chi connectivity index (χ1n) is 4.55. The normalized spacial score (nSPS) is 10.3. The van der Waals surface area contributed by atoms with E-state index in [1.54, 1.807) is 0 Å². The van der Waals surface area contributed by atoms with Crippen LogP contribution in [0.3, 0.4) is 0 Å². The molecule has 4 heteroatoms. The molecule has 0 fully saturated rings. The van der Waals surface area contributed by atoms with E-state index >= 15 is 0 Å². The van der Waals surface area contributed by atoms with E-state index in [-0.39, 0.29) is 5.56 Å². The highest BCUT2D eigenvalue weighted by Gasteiger charge is 1.98. The molecule has 0 aromatic carbocycles. The Balaban J connectivity index is 2.82. The predicted octanol–water partition coefficient (Wildman–Crippen LogP) is 0.224. The van der Waals surface area contributed by atoms with Crippen LogP contribution >= 0.6 is 0 Å². The largest absolute Gasteiger partial charge is 0.330 e. The first-order chi connectivity index (χ1) is 6.26. The molecule has 0 spiro atoms. The van der Waals surface area contributed by atoms with Gasteiger partial charge in [-0.05, 0) is 19.4 Å². The quantitative estimate of drug-likeness (QED) is 0.698. The first-order valence-corrected chi connectivity index (χ1v) is 4.55. The van der Waals surface area contributed by atoms with Gasteiger partial charge < -0.3 is 10.7 Å². The molecule has 0 aliphatic heterocycles. The van der Waals surface area contributed by atoms with Crippen molar-refractivity contribution in [2.24, 2.45) is 5.73 Å². The molecule has 72 valence electrons. The topological polar surface area (TPSA) is 71.8 Å². The number of H-pyrrole nitrogens is 1. The number of hydrogen-bond acceptors (Lipinski definition) is 3. The van der Waals surface area contributed by atoms with Crippen LogP contribution in [0.15, 0.2) is 10.9 Å². The van der Waals surface area contributed by atoms with Crippen molar-refractivity contribution in [3.63, 3.8) is 0 Å². The van der Waals surface area contributed by atoms with Gasteiger partial charge in [0.15, 0.2) is 0 Å². The monoisotopic (exact) mass is 181 g/mol. The summed E-state index contributed by atoms with van der Waals surface area (Å²) in [4.78, 5) is 18.1. The van der Waals surface area contributed by atoms with Gasteiger partial charge in [0.1, 0.15) is 5.82 Å². The minimum atomic E-state index is -0.0705. The second kappa shape index (κ2) is 4.77. The Hall–Kier alpha value is -1.16. The summed E-state index contributed by atoms with van der Waals surface area (Å²) in [6.45, 7) is 2.60. The van der Waals surface area contributed by atoms with Crippen molar-refractivity contribution in [1.82, 2.24) is 9.97 Å².